The average molecular weight is 627 g/mol. The van der Waals surface area contributed by atoms with E-state index in [1.165, 1.54) is 85.9 Å². The molecule has 0 N–H and O–H groups in total. The normalized spacial score (nSPS) is 12.2. The van der Waals surface area contributed by atoms with Crippen LogP contribution in [0.3, 0.4) is 0 Å². The third-order valence-electron chi connectivity index (χ3n) is 10.2. The lowest BCUT2D eigenvalue weighted by molar-refractivity contribution is 0.669. The molecule has 2 aromatic heterocycles. The molecule has 11 rings (SSSR count). The van der Waals surface area contributed by atoms with E-state index >= 15 is 0 Å². The Morgan fingerprint density at radius 1 is 0.333 bits per heavy atom. The van der Waals surface area contributed by atoms with Crippen molar-refractivity contribution in [3.05, 3.63) is 158 Å². The Bertz CT molecular complexity index is 3010. The van der Waals surface area contributed by atoms with Gasteiger partial charge in [0, 0.05) is 30.9 Å². The van der Waals surface area contributed by atoms with Crippen molar-refractivity contribution in [1.82, 2.24) is 0 Å². The summed E-state index contributed by atoms with van der Waals surface area (Å²) >= 11 is 1.90. The third-order valence-corrected chi connectivity index (χ3v) is 11.4. The van der Waals surface area contributed by atoms with E-state index in [4.69, 9.17) is 4.42 Å². The van der Waals surface area contributed by atoms with Gasteiger partial charge < -0.3 is 4.42 Å². The lowest BCUT2D eigenvalue weighted by atomic mass is 9.82. The molecule has 0 aliphatic rings. The van der Waals surface area contributed by atoms with Crippen LogP contribution in [0.5, 0.6) is 0 Å². The van der Waals surface area contributed by atoms with Crippen molar-refractivity contribution in [2.24, 2.45) is 0 Å². The molecule has 2 heterocycles. The molecule has 1 nitrogen and oxygen atoms in total. The Kier molecular flexibility index (Phi) is 5.32. The molecular weight excluding hydrogens is 601 g/mol. The molecule has 0 saturated carbocycles. The Labute approximate surface area is 280 Å². The highest BCUT2D eigenvalue weighted by molar-refractivity contribution is 7.26. The molecule has 0 amide bonds. The van der Waals surface area contributed by atoms with Gasteiger partial charge in [-0.2, -0.15) is 0 Å². The highest BCUT2D eigenvalue weighted by Crippen LogP contribution is 2.51. The quantitative estimate of drug-likeness (QED) is 0.140. The lowest BCUT2D eigenvalue weighted by Gasteiger charge is -2.21. The largest absolute Gasteiger partial charge is 0.456 e. The molecule has 0 spiro atoms. The first kappa shape index (κ1) is 26.1. The Morgan fingerprint density at radius 3 is 1.60 bits per heavy atom. The fourth-order valence-electron chi connectivity index (χ4n) is 8.32. The van der Waals surface area contributed by atoms with Gasteiger partial charge in [0.1, 0.15) is 11.2 Å². The van der Waals surface area contributed by atoms with Gasteiger partial charge in [-0.3, -0.25) is 0 Å². The standard InChI is InChI=1S/C46H26OS/c1-2-14-29(28(13-1)30-20-10-23-39-45(30)36-19-7-8-22-38(36)47-39)43-31-15-3-5-17-33(31)44(34-18-6-4-16-32(34)43)37-26-27-12-9-24-40-42(27)46-35(37)21-11-25-41(46)48-40/h1-26H. The van der Waals surface area contributed by atoms with Crippen LogP contribution in [0, 0.1) is 0 Å². The first-order valence-electron chi connectivity index (χ1n) is 16.4. The van der Waals surface area contributed by atoms with Crippen molar-refractivity contribution in [2.75, 3.05) is 0 Å². The average Bonchev–Trinajstić information content (AvgIpc) is 3.72. The van der Waals surface area contributed by atoms with Gasteiger partial charge in [0.15, 0.2) is 0 Å². The van der Waals surface area contributed by atoms with Gasteiger partial charge in [-0.05, 0) is 96.0 Å². The van der Waals surface area contributed by atoms with E-state index < -0.39 is 0 Å². The second kappa shape index (κ2) is 9.78. The van der Waals surface area contributed by atoms with Gasteiger partial charge in [-0.25, -0.2) is 0 Å². The molecule has 222 valence electrons. The summed E-state index contributed by atoms with van der Waals surface area (Å²) in [7, 11) is 0. The number of furan rings is 1. The maximum absolute atomic E-state index is 6.34. The molecule has 0 fully saturated rings. The van der Waals surface area contributed by atoms with Crippen molar-refractivity contribution < 1.29 is 4.42 Å². The van der Waals surface area contributed by atoms with Gasteiger partial charge in [0.05, 0.1) is 0 Å². The fraction of sp³-hybridized carbons (Fsp3) is 0. The minimum Gasteiger partial charge on any atom is -0.456 e. The van der Waals surface area contributed by atoms with Gasteiger partial charge >= 0.3 is 0 Å². The number of hydrogen-bond donors (Lipinski definition) is 0. The van der Waals surface area contributed by atoms with Crippen LogP contribution in [0.1, 0.15) is 0 Å². The molecule has 0 aliphatic carbocycles. The summed E-state index contributed by atoms with van der Waals surface area (Å²) in [5, 5.41) is 12.7. The molecular formula is C46H26OS. The molecule has 48 heavy (non-hydrogen) atoms. The van der Waals surface area contributed by atoms with Crippen molar-refractivity contribution in [1.29, 1.82) is 0 Å². The second-order valence-electron chi connectivity index (χ2n) is 12.7. The maximum Gasteiger partial charge on any atom is 0.136 e. The predicted octanol–water partition coefficient (Wildman–Crippen LogP) is 13.9. The summed E-state index contributed by atoms with van der Waals surface area (Å²) in [6, 6.07) is 57.7. The van der Waals surface area contributed by atoms with E-state index in [1.54, 1.807) is 0 Å². The van der Waals surface area contributed by atoms with E-state index in [1.807, 2.05) is 17.4 Å². The van der Waals surface area contributed by atoms with E-state index in [0.29, 0.717) is 0 Å². The zero-order valence-electron chi connectivity index (χ0n) is 25.8. The van der Waals surface area contributed by atoms with Crippen LogP contribution in [-0.2, 0) is 0 Å². The van der Waals surface area contributed by atoms with Crippen LogP contribution in [0.15, 0.2) is 162 Å². The summed E-state index contributed by atoms with van der Waals surface area (Å²) in [4.78, 5) is 0. The summed E-state index contributed by atoms with van der Waals surface area (Å²) in [6.45, 7) is 0. The van der Waals surface area contributed by atoms with E-state index in [9.17, 15) is 0 Å². The van der Waals surface area contributed by atoms with Gasteiger partial charge in [-0.1, -0.05) is 127 Å². The smallest absolute Gasteiger partial charge is 0.136 e. The van der Waals surface area contributed by atoms with Crippen molar-refractivity contribution >= 4 is 85.8 Å². The molecule has 0 saturated heterocycles. The minimum atomic E-state index is 0.912. The molecule has 0 bridgehead atoms. The number of benzene rings is 9. The van der Waals surface area contributed by atoms with Crippen LogP contribution >= 0.6 is 11.3 Å². The molecule has 9 aromatic carbocycles. The highest BCUT2D eigenvalue weighted by Gasteiger charge is 2.23. The third kappa shape index (κ3) is 3.50. The number of fused-ring (bicyclic) bond motifs is 5. The number of rotatable bonds is 3. The van der Waals surface area contributed by atoms with Crippen LogP contribution in [0.2, 0.25) is 0 Å². The van der Waals surface area contributed by atoms with Crippen LogP contribution in [0.4, 0.5) is 0 Å². The number of thiophene rings is 1. The molecule has 11 aromatic rings. The zero-order chi connectivity index (χ0) is 31.3. The Morgan fingerprint density at radius 2 is 0.854 bits per heavy atom. The molecule has 0 aliphatic heterocycles. The molecule has 2 heteroatoms. The molecule has 0 unspecified atom stereocenters. The predicted molar refractivity (Wildman–Crippen MR) is 207 cm³/mol. The minimum absolute atomic E-state index is 0.912. The van der Waals surface area contributed by atoms with Crippen molar-refractivity contribution in [3.63, 3.8) is 0 Å². The van der Waals surface area contributed by atoms with Crippen molar-refractivity contribution in [3.8, 4) is 33.4 Å². The first-order chi connectivity index (χ1) is 23.8. The maximum atomic E-state index is 6.34. The number of para-hydroxylation sites is 1. The van der Waals surface area contributed by atoms with E-state index in [0.717, 1.165) is 21.9 Å². The van der Waals surface area contributed by atoms with Crippen LogP contribution < -0.4 is 0 Å². The summed E-state index contributed by atoms with van der Waals surface area (Å²) in [5.41, 5.74) is 9.29. The first-order valence-corrected chi connectivity index (χ1v) is 17.3. The topological polar surface area (TPSA) is 13.1 Å². The number of hydrogen-bond acceptors (Lipinski definition) is 2. The monoisotopic (exact) mass is 626 g/mol. The van der Waals surface area contributed by atoms with Crippen molar-refractivity contribution in [2.45, 2.75) is 0 Å². The highest BCUT2D eigenvalue weighted by atomic mass is 32.1. The van der Waals surface area contributed by atoms with Crippen LogP contribution in [-0.4, -0.2) is 0 Å². The second-order valence-corrected chi connectivity index (χ2v) is 13.8. The van der Waals surface area contributed by atoms with Gasteiger partial charge in [0.25, 0.3) is 0 Å². The van der Waals surface area contributed by atoms with E-state index in [-0.39, 0.29) is 0 Å². The Hall–Kier alpha value is -5.96. The Balaban J connectivity index is 1.28. The van der Waals surface area contributed by atoms with Gasteiger partial charge in [0.2, 0.25) is 0 Å². The van der Waals surface area contributed by atoms with E-state index in [2.05, 4.69) is 152 Å². The van der Waals surface area contributed by atoms with Gasteiger partial charge in [-0.15, -0.1) is 11.3 Å². The fourth-order valence-corrected chi connectivity index (χ4v) is 9.49. The summed E-state index contributed by atoms with van der Waals surface area (Å²) < 4.78 is 9.04. The SMILES string of the molecule is c1ccc(-c2cccc3oc4ccccc4c23)c(-c2c3ccccc3c(-c3cc4cccc5sc6cccc3c6c45)c3ccccc23)c1. The lowest BCUT2D eigenvalue weighted by Crippen LogP contribution is -1.93. The molecule has 0 atom stereocenters. The molecule has 0 radical (unpaired) electrons. The summed E-state index contributed by atoms with van der Waals surface area (Å²) in [6.07, 6.45) is 0. The zero-order valence-corrected chi connectivity index (χ0v) is 26.6. The summed E-state index contributed by atoms with van der Waals surface area (Å²) in [5.74, 6) is 0. The van der Waals surface area contributed by atoms with Crippen LogP contribution in [0.25, 0.3) is 108 Å².